The quantitative estimate of drug-likeness (QED) is 0.757. The van der Waals surface area contributed by atoms with E-state index >= 15 is 0 Å². The predicted octanol–water partition coefficient (Wildman–Crippen LogP) is 2.37. The molecule has 0 amide bonds. The molecule has 0 saturated heterocycles. The first kappa shape index (κ1) is 15.9. The maximum Gasteiger partial charge on any atom is 0.0615 e. The van der Waals surface area contributed by atoms with Gasteiger partial charge in [-0.25, -0.2) is 0 Å². The number of rotatable bonds is 7. The third kappa shape index (κ3) is 4.52. The van der Waals surface area contributed by atoms with Gasteiger partial charge in [0.15, 0.2) is 0 Å². The van der Waals surface area contributed by atoms with E-state index in [-0.39, 0.29) is 0 Å². The maximum atomic E-state index is 5.25. The molecule has 3 heteroatoms. The Labute approximate surface area is 113 Å². The van der Waals surface area contributed by atoms with Crippen molar-refractivity contribution in [1.82, 2.24) is 10.2 Å². The molecule has 0 heterocycles. The van der Waals surface area contributed by atoms with Gasteiger partial charge in [0.2, 0.25) is 0 Å². The third-order valence-electron chi connectivity index (χ3n) is 4.72. The number of ether oxygens (including phenoxy) is 1. The topological polar surface area (TPSA) is 24.5 Å². The van der Waals surface area contributed by atoms with Crippen LogP contribution in [0.15, 0.2) is 0 Å². The van der Waals surface area contributed by atoms with Gasteiger partial charge in [0, 0.05) is 25.7 Å². The van der Waals surface area contributed by atoms with Gasteiger partial charge in [-0.3, -0.25) is 0 Å². The highest BCUT2D eigenvalue weighted by Gasteiger charge is 2.30. The predicted molar refractivity (Wildman–Crippen MR) is 77.9 cm³/mol. The molecule has 1 aliphatic carbocycles. The van der Waals surface area contributed by atoms with Gasteiger partial charge in [0.1, 0.15) is 0 Å². The van der Waals surface area contributed by atoms with Crippen molar-refractivity contribution in [2.24, 2.45) is 11.8 Å². The van der Waals surface area contributed by atoms with E-state index in [9.17, 15) is 0 Å². The lowest BCUT2D eigenvalue weighted by Crippen LogP contribution is -2.46. The van der Waals surface area contributed by atoms with Gasteiger partial charge in [0.25, 0.3) is 0 Å². The number of hydrogen-bond donors (Lipinski definition) is 1. The zero-order chi connectivity index (χ0) is 13.5. The summed E-state index contributed by atoms with van der Waals surface area (Å²) in [6, 6.07) is 1.21. The van der Waals surface area contributed by atoms with E-state index in [1.54, 1.807) is 7.11 Å². The van der Waals surface area contributed by atoms with Crippen LogP contribution >= 0.6 is 0 Å². The molecule has 1 fully saturated rings. The fourth-order valence-electron chi connectivity index (χ4n) is 3.23. The molecule has 0 bridgehead atoms. The minimum Gasteiger partial charge on any atom is -0.383 e. The minimum absolute atomic E-state index is 0.509. The molecule has 18 heavy (non-hydrogen) atoms. The monoisotopic (exact) mass is 256 g/mol. The van der Waals surface area contributed by atoms with Gasteiger partial charge in [-0.2, -0.15) is 0 Å². The number of nitrogens with zero attached hydrogens (tertiary/aromatic N) is 1. The molecular formula is C15H32N2O. The molecule has 0 aromatic carbocycles. The van der Waals surface area contributed by atoms with Crippen LogP contribution in [0.25, 0.3) is 0 Å². The molecule has 1 rings (SSSR count). The van der Waals surface area contributed by atoms with E-state index in [0.717, 1.165) is 18.4 Å². The highest BCUT2D eigenvalue weighted by Crippen LogP contribution is 2.31. The van der Waals surface area contributed by atoms with E-state index in [0.29, 0.717) is 12.1 Å². The van der Waals surface area contributed by atoms with Crippen LogP contribution in [-0.4, -0.2) is 51.3 Å². The summed E-state index contributed by atoms with van der Waals surface area (Å²) in [5.41, 5.74) is 0. The fraction of sp³-hybridized carbons (Fsp3) is 1.00. The molecule has 0 aliphatic heterocycles. The van der Waals surface area contributed by atoms with Crippen LogP contribution in [0.1, 0.15) is 39.5 Å². The Kier molecular flexibility index (Phi) is 7.20. The molecule has 0 aromatic rings. The van der Waals surface area contributed by atoms with E-state index < -0.39 is 0 Å². The Morgan fingerprint density at radius 2 is 2.11 bits per heavy atom. The zero-order valence-corrected chi connectivity index (χ0v) is 12.9. The van der Waals surface area contributed by atoms with E-state index in [2.05, 4.69) is 38.2 Å². The summed E-state index contributed by atoms with van der Waals surface area (Å²) in [7, 11) is 6.13. The zero-order valence-electron chi connectivity index (χ0n) is 12.9. The lowest BCUT2D eigenvalue weighted by molar-refractivity contribution is 0.0853. The lowest BCUT2D eigenvalue weighted by Gasteiger charge is -2.39. The van der Waals surface area contributed by atoms with Crippen LogP contribution in [0.4, 0.5) is 0 Å². The van der Waals surface area contributed by atoms with Crippen molar-refractivity contribution >= 4 is 0 Å². The first-order valence-electron chi connectivity index (χ1n) is 7.48. The Bertz CT molecular complexity index is 223. The summed E-state index contributed by atoms with van der Waals surface area (Å²) in [5, 5.41) is 3.52. The highest BCUT2D eigenvalue weighted by molar-refractivity contribution is 4.85. The number of nitrogens with one attached hydrogen (secondary N) is 1. The lowest BCUT2D eigenvalue weighted by atomic mass is 9.76. The molecule has 108 valence electrons. The normalized spacial score (nSPS) is 30.7. The maximum absolute atomic E-state index is 5.25. The average molecular weight is 256 g/mol. The molecule has 1 N–H and O–H groups in total. The fourth-order valence-corrected chi connectivity index (χ4v) is 3.23. The molecule has 1 aliphatic rings. The van der Waals surface area contributed by atoms with Crippen molar-refractivity contribution in [3.8, 4) is 0 Å². The van der Waals surface area contributed by atoms with E-state index in [1.165, 1.54) is 32.2 Å². The van der Waals surface area contributed by atoms with Crippen LogP contribution in [-0.2, 0) is 4.74 Å². The second-order valence-electron chi connectivity index (χ2n) is 5.99. The van der Waals surface area contributed by atoms with Crippen LogP contribution in [0.2, 0.25) is 0 Å². The van der Waals surface area contributed by atoms with E-state index in [4.69, 9.17) is 4.74 Å². The Morgan fingerprint density at radius 3 is 2.67 bits per heavy atom. The van der Waals surface area contributed by atoms with Gasteiger partial charge < -0.3 is 15.0 Å². The summed E-state index contributed by atoms with van der Waals surface area (Å²) >= 11 is 0. The Morgan fingerprint density at radius 1 is 1.39 bits per heavy atom. The molecule has 0 aromatic heterocycles. The van der Waals surface area contributed by atoms with Crippen LogP contribution in [0.3, 0.4) is 0 Å². The molecule has 0 radical (unpaired) electrons. The molecule has 0 spiro atoms. The van der Waals surface area contributed by atoms with Crippen molar-refractivity contribution in [2.45, 2.75) is 51.6 Å². The molecule has 4 atom stereocenters. The molecule has 1 saturated carbocycles. The second-order valence-corrected chi connectivity index (χ2v) is 5.99. The summed E-state index contributed by atoms with van der Waals surface area (Å²) in [5.74, 6) is 1.73. The summed E-state index contributed by atoms with van der Waals surface area (Å²) in [6.07, 6.45) is 5.46. The molecule has 4 unspecified atom stereocenters. The Hall–Kier alpha value is -0.120. The number of methoxy groups -OCH3 is 1. The highest BCUT2D eigenvalue weighted by atomic mass is 16.5. The first-order valence-corrected chi connectivity index (χ1v) is 7.48. The first-order chi connectivity index (χ1) is 8.62. The van der Waals surface area contributed by atoms with Crippen molar-refractivity contribution in [2.75, 3.05) is 34.4 Å². The minimum atomic E-state index is 0.509. The van der Waals surface area contributed by atoms with Crippen molar-refractivity contribution in [1.29, 1.82) is 0 Å². The van der Waals surface area contributed by atoms with Gasteiger partial charge in [0.05, 0.1) is 6.61 Å². The Balaban J connectivity index is 2.49. The van der Waals surface area contributed by atoms with Crippen LogP contribution in [0, 0.1) is 11.8 Å². The average Bonchev–Trinajstić information content (AvgIpc) is 2.38. The smallest absolute Gasteiger partial charge is 0.0615 e. The second kappa shape index (κ2) is 8.13. The van der Waals surface area contributed by atoms with E-state index in [1.807, 2.05) is 0 Å². The molecule has 3 nitrogen and oxygen atoms in total. The van der Waals surface area contributed by atoms with Gasteiger partial charge in [-0.05, 0) is 52.1 Å². The van der Waals surface area contributed by atoms with Gasteiger partial charge in [-0.1, -0.05) is 13.3 Å². The van der Waals surface area contributed by atoms with Crippen molar-refractivity contribution < 1.29 is 4.74 Å². The summed E-state index contributed by atoms with van der Waals surface area (Å²) in [6.45, 7) is 6.59. The standard InChI is InChI=1S/C15H32N2O/c1-6-13-7-8-15(16-3)14(9-13)10-17(4)12(2)11-18-5/h12-16H,6-11H2,1-5H3. The van der Waals surface area contributed by atoms with Crippen LogP contribution in [0.5, 0.6) is 0 Å². The van der Waals surface area contributed by atoms with Crippen LogP contribution < -0.4 is 5.32 Å². The SMILES string of the molecule is CCC1CCC(NC)C(CN(C)C(C)COC)C1. The number of likely N-dealkylation sites (N-methyl/N-ethyl adjacent to an activating group) is 1. The van der Waals surface area contributed by atoms with Crippen molar-refractivity contribution in [3.05, 3.63) is 0 Å². The van der Waals surface area contributed by atoms with Gasteiger partial charge >= 0.3 is 0 Å². The summed E-state index contributed by atoms with van der Waals surface area (Å²) in [4.78, 5) is 2.45. The number of hydrogen-bond acceptors (Lipinski definition) is 3. The summed E-state index contributed by atoms with van der Waals surface area (Å²) < 4.78 is 5.25. The van der Waals surface area contributed by atoms with Crippen molar-refractivity contribution in [3.63, 3.8) is 0 Å². The van der Waals surface area contributed by atoms with Gasteiger partial charge in [-0.15, -0.1) is 0 Å². The molecular weight excluding hydrogens is 224 g/mol. The largest absolute Gasteiger partial charge is 0.383 e. The third-order valence-corrected chi connectivity index (χ3v) is 4.72.